The van der Waals surface area contributed by atoms with Crippen molar-refractivity contribution < 1.29 is 17.9 Å². The summed E-state index contributed by atoms with van der Waals surface area (Å²) in [4.78, 5) is 22.6. The molecule has 10 nitrogen and oxygen atoms in total. The molecule has 5 N–H and O–H groups in total. The summed E-state index contributed by atoms with van der Waals surface area (Å²) in [7, 11) is -4.21. The van der Waals surface area contributed by atoms with Gasteiger partial charge in [0.1, 0.15) is 28.3 Å². The number of ether oxygens (including phenoxy) is 1. The van der Waals surface area contributed by atoms with Crippen LogP contribution in [0.1, 0.15) is 61.8 Å². The van der Waals surface area contributed by atoms with Crippen molar-refractivity contribution >= 4 is 50.0 Å². The molecule has 2 aromatic carbocycles. The molecular formula is C34H46Cl2N6O4S. The molecule has 256 valence electrons. The second-order valence-corrected chi connectivity index (χ2v) is 15.3. The van der Waals surface area contributed by atoms with E-state index in [0.717, 1.165) is 55.3 Å². The maximum absolute atomic E-state index is 14.0. The molecule has 1 atom stereocenters. The van der Waals surface area contributed by atoms with E-state index in [2.05, 4.69) is 14.6 Å². The lowest BCUT2D eigenvalue weighted by Crippen LogP contribution is -2.61. The molecule has 1 aliphatic heterocycles. The van der Waals surface area contributed by atoms with E-state index in [1.807, 2.05) is 38.1 Å². The van der Waals surface area contributed by atoms with Gasteiger partial charge in [-0.15, -0.1) is 0 Å². The third kappa shape index (κ3) is 8.21. The molecular weight excluding hydrogens is 659 g/mol. The first kappa shape index (κ1) is 35.8. The number of amides is 1. The zero-order chi connectivity index (χ0) is 33.8. The molecule has 2 fully saturated rings. The number of nitrogens with two attached hydrogens (primary N) is 2. The van der Waals surface area contributed by atoms with Crippen molar-refractivity contribution in [3.63, 3.8) is 0 Å². The molecule has 2 aliphatic rings. The maximum Gasteiger partial charge on any atom is 0.243 e. The minimum atomic E-state index is -4.21. The highest BCUT2D eigenvalue weighted by molar-refractivity contribution is 7.89. The van der Waals surface area contributed by atoms with Crippen LogP contribution in [0.25, 0.3) is 10.9 Å². The number of carbonyl (C=O) groups is 1. The molecule has 2 heterocycles. The van der Waals surface area contributed by atoms with E-state index in [1.54, 1.807) is 4.90 Å². The third-order valence-electron chi connectivity index (χ3n) is 9.33. The van der Waals surface area contributed by atoms with Crippen molar-refractivity contribution in [2.24, 2.45) is 11.5 Å². The molecule has 1 saturated carbocycles. The van der Waals surface area contributed by atoms with Crippen LogP contribution in [-0.2, 0) is 21.4 Å². The Morgan fingerprint density at radius 2 is 1.81 bits per heavy atom. The highest BCUT2D eigenvalue weighted by Crippen LogP contribution is 2.37. The molecule has 1 aromatic heterocycles. The number of pyridine rings is 1. The van der Waals surface area contributed by atoms with Gasteiger partial charge in [-0.1, -0.05) is 54.6 Å². The van der Waals surface area contributed by atoms with Gasteiger partial charge in [0.05, 0.1) is 5.02 Å². The summed E-state index contributed by atoms with van der Waals surface area (Å²) in [6.07, 6.45) is 5.23. The van der Waals surface area contributed by atoms with E-state index < -0.39 is 15.6 Å². The molecule has 1 aliphatic carbocycles. The number of aryl methyl sites for hydroxylation is 2. The number of para-hydroxylation sites is 1. The molecule has 5 rings (SSSR count). The molecule has 47 heavy (non-hydrogen) atoms. The van der Waals surface area contributed by atoms with E-state index >= 15 is 0 Å². The number of rotatable bonds is 13. The fraction of sp³-hybridized carbons (Fsp3) is 0.529. The van der Waals surface area contributed by atoms with Crippen molar-refractivity contribution in [3.8, 4) is 5.75 Å². The monoisotopic (exact) mass is 704 g/mol. The maximum atomic E-state index is 14.0. The van der Waals surface area contributed by atoms with Gasteiger partial charge in [0.15, 0.2) is 0 Å². The van der Waals surface area contributed by atoms with Gasteiger partial charge in [-0.05, 0) is 75.9 Å². The van der Waals surface area contributed by atoms with Crippen molar-refractivity contribution in [1.82, 2.24) is 19.5 Å². The van der Waals surface area contributed by atoms with E-state index in [1.165, 1.54) is 12.1 Å². The van der Waals surface area contributed by atoms with Gasteiger partial charge in [0.25, 0.3) is 0 Å². The third-order valence-corrected chi connectivity index (χ3v) is 11.8. The van der Waals surface area contributed by atoms with E-state index in [4.69, 9.17) is 39.4 Å². The van der Waals surface area contributed by atoms with Gasteiger partial charge >= 0.3 is 0 Å². The van der Waals surface area contributed by atoms with Crippen LogP contribution in [0.2, 0.25) is 10.0 Å². The van der Waals surface area contributed by atoms with Crippen LogP contribution in [-0.4, -0.2) is 80.0 Å². The SMILES string of the molecule is Cc1cc(C)c2cccc(OCc3c(Cl)ccc(S(=O)(=O)NC4(C(=O)N5CCN(C[C@H](N)CCCCN)CC5)CCCC4)c3Cl)c2n1. The summed E-state index contributed by atoms with van der Waals surface area (Å²) in [6, 6.07) is 10.6. The van der Waals surface area contributed by atoms with Gasteiger partial charge in [0, 0.05) is 60.4 Å². The number of fused-ring (bicyclic) bond motifs is 1. The average Bonchev–Trinajstić information content (AvgIpc) is 3.50. The van der Waals surface area contributed by atoms with Crippen molar-refractivity contribution in [3.05, 3.63) is 63.3 Å². The van der Waals surface area contributed by atoms with Crippen molar-refractivity contribution in [1.29, 1.82) is 0 Å². The zero-order valence-corrected chi connectivity index (χ0v) is 29.6. The molecule has 1 amide bonds. The average molecular weight is 706 g/mol. The summed E-state index contributed by atoms with van der Waals surface area (Å²) < 4.78 is 36.9. The first-order valence-corrected chi connectivity index (χ1v) is 18.7. The number of carbonyl (C=O) groups excluding carboxylic acids is 1. The molecule has 3 aromatic rings. The molecule has 13 heteroatoms. The lowest BCUT2D eigenvalue weighted by atomic mass is 9.96. The van der Waals surface area contributed by atoms with E-state index in [9.17, 15) is 13.2 Å². The zero-order valence-electron chi connectivity index (χ0n) is 27.2. The Kier molecular flexibility index (Phi) is 11.7. The summed E-state index contributed by atoms with van der Waals surface area (Å²) in [5, 5.41) is 1.20. The summed E-state index contributed by atoms with van der Waals surface area (Å²) in [5.74, 6) is 0.352. The Morgan fingerprint density at radius 1 is 1.09 bits per heavy atom. The fourth-order valence-corrected chi connectivity index (χ4v) is 9.10. The number of hydrogen-bond acceptors (Lipinski definition) is 8. The normalized spacial score (nSPS) is 17.7. The number of halogens is 2. The van der Waals surface area contributed by atoms with Crippen LogP contribution in [0.4, 0.5) is 0 Å². The van der Waals surface area contributed by atoms with Gasteiger partial charge in [-0.25, -0.2) is 13.4 Å². The number of benzene rings is 2. The van der Waals surface area contributed by atoms with Crippen LogP contribution in [0, 0.1) is 13.8 Å². The molecule has 0 unspecified atom stereocenters. The van der Waals surface area contributed by atoms with E-state index in [0.29, 0.717) is 62.4 Å². The Balaban J connectivity index is 1.30. The first-order valence-electron chi connectivity index (χ1n) is 16.4. The largest absolute Gasteiger partial charge is 0.487 e. The molecule has 0 bridgehead atoms. The van der Waals surface area contributed by atoms with Crippen LogP contribution >= 0.6 is 23.2 Å². The summed E-state index contributed by atoms with van der Waals surface area (Å²) in [5.41, 5.74) is 13.7. The predicted molar refractivity (Wildman–Crippen MR) is 187 cm³/mol. The number of sulfonamides is 1. The Morgan fingerprint density at radius 3 is 2.51 bits per heavy atom. The number of aromatic nitrogens is 1. The van der Waals surface area contributed by atoms with Gasteiger partial charge in [-0.2, -0.15) is 4.72 Å². The van der Waals surface area contributed by atoms with Crippen LogP contribution in [0.5, 0.6) is 5.75 Å². The molecule has 1 saturated heterocycles. The van der Waals surface area contributed by atoms with Crippen LogP contribution in [0.15, 0.2) is 41.3 Å². The number of piperazine rings is 1. The van der Waals surface area contributed by atoms with Crippen LogP contribution in [0.3, 0.4) is 0 Å². The topological polar surface area (TPSA) is 144 Å². The van der Waals surface area contributed by atoms with Gasteiger partial charge in [0.2, 0.25) is 15.9 Å². The highest BCUT2D eigenvalue weighted by atomic mass is 35.5. The first-order chi connectivity index (χ1) is 22.4. The lowest BCUT2D eigenvalue weighted by Gasteiger charge is -2.40. The standard InChI is InChI=1S/C34H46Cl2N6O4S/c1-23-20-24(2)39-32-26(23)9-7-10-29(32)46-22-27-28(35)11-12-30(31(27)36)47(44,45)40-34(13-4-5-14-34)33(43)42-18-16-41(17-19-42)21-25(38)8-3-6-15-37/h7,9-12,20,25,40H,3-6,8,13-19,21-22,37-38H2,1-2H3/t25-/m1/s1. The Hall–Kier alpha value is -2.51. The van der Waals surface area contributed by atoms with Gasteiger partial charge in [-0.3, -0.25) is 9.69 Å². The smallest absolute Gasteiger partial charge is 0.243 e. The number of nitrogens with one attached hydrogen (secondary N) is 1. The number of nitrogens with zero attached hydrogens (tertiary/aromatic N) is 3. The number of unbranched alkanes of at least 4 members (excludes halogenated alkanes) is 1. The minimum Gasteiger partial charge on any atom is -0.487 e. The lowest BCUT2D eigenvalue weighted by molar-refractivity contribution is -0.139. The predicted octanol–water partition coefficient (Wildman–Crippen LogP) is 4.93. The van der Waals surface area contributed by atoms with Gasteiger partial charge < -0.3 is 21.1 Å². The molecule has 0 radical (unpaired) electrons. The quantitative estimate of drug-likeness (QED) is 0.213. The summed E-state index contributed by atoms with van der Waals surface area (Å²) >= 11 is 13.3. The minimum absolute atomic E-state index is 0.0393. The summed E-state index contributed by atoms with van der Waals surface area (Å²) in [6.45, 7) is 7.72. The second-order valence-electron chi connectivity index (χ2n) is 12.9. The second kappa shape index (κ2) is 15.4. The number of hydrogen-bond donors (Lipinski definition) is 3. The highest BCUT2D eigenvalue weighted by Gasteiger charge is 2.47. The van der Waals surface area contributed by atoms with Crippen molar-refractivity contribution in [2.45, 2.75) is 81.9 Å². The molecule has 0 spiro atoms. The van der Waals surface area contributed by atoms with E-state index in [-0.39, 0.29) is 33.5 Å². The Bertz CT molecular complexity index is 1690. The fourth-order valence-electron chi connectivity index (χ4n) is 6.80. The Labute approximate surface area is 288 Å². The van der Waals surface area contributed by atoms with Crippen molar-refractivity contribution in [2.75, 3.05) is 39.3 Å². The van der Waals surface area contributed by atoms with Crippen LogP contribution < -0.4 is 20.9 Å².